The highest BCUT2D eigenvalue weighted by Gasteiger charge is 2.17. The van der Waals surface area contributed by atoms with Gasteiger partial charge >= 0.3 is 0 Å². The van der Waals surface area contributed by atoms with Crippen molar-refractivity contribution in [3.8, 4) is 23.1 Å². The van der Waals surface area contributed by atoms with Crippen molar-refractivity contribution in [3.05, 3.63) is 36.0 Å². The number of phenolic OH excluding ortho intramolecular Hbond substituents is 1. The molecule has 2 N–H and O–H groups in total. The molecule has 0 fully saturated rings. The number of hydrogen-bond acceptors (Lipinski definition) is 6. The van der Waals surface area contributed by atoms with Gasteiger partial charge in [-0.3, -0.25) is 0 Å². The summed E-state index contributed by atoms with van der Waals surface area (Å²) in [6.07, 6.45) is 1.65. The maximum absolute atomic E-state index is 9.96. The number of pyridine rings is 1. The molecule has 3 rings (SSSR count). The highest BCUT2D eigenvalue weighted by atomic mass is 16.7. The molecule has 0 spiro atoms. The maximum Gasteiger partial charge on any atom is 0.237 e. The smallest absolute Gasteiger partial charge is 0.237 e. The van der Waals surface area contributed by atoms with Crippen molar-refractivity contribution in [2.45, 2.75) is 6.54 Å². The molecule has 1 aliphatic heterocycles. The average molecular weight is 274 g/mol. The molecule has 0 atom stereocenters. The Morgan fingerprint density at radius 3 is 2.95 bits per heavy atom. The van der Waals surface area contributed by atoms with Crippen molar-refractivity contribution in [1.82, 2.24) is 4.98 Å². The molecule has 1 aromatic heterocycles. The van der Waals surface area contributed by atoms with Crippen molar-refractivity contribution >= 4 is 5.69 Å². The number of ether oxygens (including phenoxy) is 3. The third-order valence-corrected chi connectivity index (χ3v) is 3.01. The molecule has 0 unspecified atom stereocenters. The number of benzene rings is 1. The number of nitrogens with zero attached hydrogens (tertiary/aromatic N) is 1. The van der Waals surface area contributed by atoms with Gasteiger partial charge in [0.2, 0.25) is 12.7 Å². The first kappa shape index (κ1) is 12.4. The van der Waals surface area contributed by atoms with Crippen LogP contribution >= 0.6 is 0 Å². The summed E-state index contributed by atoms with van der Waals surface area (Å²) in [7, 11) is 1.56. The standard InChI is InChI=1S/C14H14N2O4/c1-18-14-10(3-2-4-15-14)16-7-9-5-12-13(6-11(9)17)20-8-19-12/h2-6,16-17H,7-8H2,1H3. The Hall–Kier alpha value is -2.63. The first-order valence-corrected chi connectivity index (χ1v) is 6.12. The number of phenols is 1. The van der Waals surface area contributed by atoms with E-state index in [-0.39, 0.29) is 12.5 Å². The first-order chi connectivity index (χ1) is 9.78. The van der Waals surface area contributed by atoms with Gasteiger partial charge in [-0.25, -0.2) is 4.98 Å². The molecule has 2 heterocycles. The molecule has 20 heavy (non-hydrogen) atoms. The number of rotatable bonds is 4. The number of hydrogen-bond donors (Lipinski definition) is 2. The number of anilines is 1. The van der Waals surface area contributed by atoms with Crippen molar-refractivity contribution in [2.24, 2.45) is 0 Å². The molecule has 1 aliphatic rings. The first-order valence-electron chi connectivity index (χ1n) is 6.12. The van der Waals surface area contributed by atoms with Crippen molar-refractivity contribution in [2.75, 3.05) is 19.2 Å². The van der Waals surface area contributed by atoms with Gasteiger partial charge in [0.25, 0.3) is 0 Å². The Morgan fingerprint density at radius 2 is 2.15 bits per heavy atom. The van der Waals surface area contributed by atoms with Crippen molar-refractivity contribution in [1.29, 1.82) is 0 Å². The highest BCUT2D eigenvalue weighted by molar-refractivity contribution is 5.55. The van der Waals surface area contributed by atoms with Crippen LogP contribution in [0.5, 0.6) is 23.1 Å². The lowest BCUT2D eigenvalue weighted by Crippen LogP contribution is -2.02. The van der Waals surface area contributed by atoms with E-state index < -0.39 is 0 Å². The molecule has 0 radical (unpaired) electrons. The summed E-state index contributed by atoms with van der Waals surface area (Å²) in [6.45, 7) is 0.604. The van der Waals surface area contributed by atoms with Crippen LogP contribution < -0.4 is 19.5 Å². The van der Waals surface area contributed by atoms with Gasteiger partial charge in [-0.15, -0.1) is 0 Å². The van der Waals surface area contributed by atoms with Crippen LogP contribution in [-0.4, -0.2) is 24.0 Å². The van der Waals surface area contributed by atoms with Crippen LogP contribution in [0.15, 0.2) is 30.5 Å². The van der Waals surface area contributed by atoms with Gasteiger partial charge < -0.3 is 24.6 Å². The Labute approximate surface area is 115 Å². The highest BCUT2D eigenvalue weighted by Crippen LogP contribution is 2.38. The molecule has 0 aliphatic carbocycles. The number of aromatic hydroxyl groups is 1. The minimum atomic E-state index is 0.157. The van der Waals surface area contributed by atoms with E-state index in [1.54, 1.807) is 25.4 Å². The van der Waals surface area contributed by atoms with Crippen LogP contribution in [0.25, 0.3) is 0 Å². The molecule has 104 valence electrons. The topological polar surface area (TPSA) is 72.8 Å². The van der Waals surface area contributed by atoms with Gasteiger partial charge in [0, 0.05) is 24.4 Å². The molecule has 6 heteroatoms. The Balaban J connectivity index is 1.78. The fraction of sp³-hybridized carbons (Fsp3) is 0.214. The number of methoxy groups -OCH3 is 1. The zero-order valence-electron chi connectivity index (χ0n) is 10.9. The predicted octanol–water partition coefficient (Wildman–Crippen LogP) is 2.14. The van der Waals surface area contributed by atoms with Crippen LogP contribution in [-0.2, 0) is 6.54 Å². The molecule has 1 aromatic carbocycles. The molecule has 0 bridgehead atoms. The van der Waals surface area contributed by atoms with Crippen LogP contribution in [0.2, 0.25) is 0 Å². The van der Waals surface area contributed by atoms with Gasteiger partial charge in [0.05, 0.1) is 12.8 Å². The summed E-state index contributed by atoms with van der Waals surface area (Å²) in [6, 6.07) is 6.98. The van der Waals surface area contributed by atoms with E-state index in [0.29, 0.717) is 29.5 Å². The summed E-state index contributed by atoms with van der Waals surface area (Å²) in [4.78, 5) is 4.10. The Morgan fingerprint density at radius 1 is 1.35 bits per heavy atom. The number of nitrogens with one attached hydrogen (secondary N) is 1. The SMILES string of the molecule is COc1ncccc1NCc1cc2c(cc1O)OCO2. The Bertz CT molecular complexity index is 631. The van der Waals surface area contributed by atoms with E-state index in [4.69, 9.17) is 14.2 Å². The van der Waals surface area contributed by atoms with Gasteiger partial charge in [0.1, 0.15) is 5.75 Å². The van der Waals surface area contributed by atoms with Gasteiger partial charge in [0.15, 0.2) is 11.5 Å². The largest absolute Gasteiger partial charge is 0.507 e. The Kier molecular flexibility index (Phi) is 3.20. The molecule has 2 aromatic rings. The summed E-state index contributed by atoms with van der Waals surface area (Å²) in [5.74, 6) is 1.86. The van der Waals surface area contributed by atoms with Gasteiger partial charge in [-0.1, -0.05) is 0 Å². The second-order valence-electron chi connectivity index (χ2n) is 4.25. The molecule has 0 saturated carbocycles. The van der Waals surface area contributed by atoms with E-state index in [0.717, 1.165) is 5.69 Å². The maximum atomic E-state index is 9.96. The van der Waals surface area contributed by atoms with Crippen LogP contribution in [0.4, 0.5) is 5.69 Å². The molecular weight excluding hydrogens is 260 g/mol. The lowest BCUT2D eigenvalue weighted by molar-refractivity contribution is 0.174. The fourth-order valence-corrected chi connectivity index (χ4v) is 1.99. The summed E-state index contributed by atoms with van der Waals surface area (Å²) < 4.78 is 15.7. The summed E-state index contributed by atoms with van der Waals surface area (Å²) in [5.41, 5.74) is 1.47. The summed E-state index contributed by atoms with van der Waals surface area (Å²) >= 11 is 0. The second kappa shape index (κ2) is 5.16. The van der Waals surface area contributed by atoms with E-state index in [1.807, 2.05) is 12.1 Å². The van der Waals surface area contributed by atoms with E-state index in [1.165, 1.54) is 0 Å². The number of fused-ring (bicyclic) bond motifs is 1. The average Bonchev–Trinajstić information content (AvgIpc) is 2.92. The minimum absolute atomic E-state index is 0.157. The molecular formula is C14H14N2O4. The van der Waals surface area contributed by atoms with Crippen LogP contribution in [0.3, 0.4) is 0 Å². The second-order valence-corrected chi connectivity index (χ2v) is 4.25. The lowest BCUT2D eigenvalue weighted by atomic mass is 10.1. The monoisotopic (exact) mass is 274 g/mol. The zero-order chi connectivity index (χ0) is 13.9. The quantitative estimate of drug-likeness (QED) is 0.890. The van der Waals surface area contributed by atoms with Gasteiger partial charge in [-0.05, 0) is 18.2 Å². The minimum Gasteiger partial charge on any atom is -0.507 e. The van der Waals surface area contributed by atoms with E-state index in [9.17, 15) is 5.11 Å². The fourth-order valence-electron chi connectivity index (χ4n) is 1.99. The predicted molar refractivity (Wildman–Crippen MR) is 72.3 cm³/mol. The molecule has 6 nitrogen and oxygen atoms in total. The van der Waals surface area contributed by atoms with Crippen molar-refractivity contribution < 1.29 is 19.3 Å². The lowest BCUT2D eigenvalue weighted by Gasteiger charge is -2.11. The van der Waals surface area contributed by atoms with Gasteiger partial charge in [-0.2, -0.15) is 0 Å². The van der Waals surface area contributed by atoms with E-state index in [2.05, 4.69) is 10.3 Å². The molecule has 0 saturated heterocycles. The summed E-state index contributed by atoms with van der Waals surface area (Å²) in [5, 5.41) is 13.1. The molecule has 0 amide bonds. The normalized spacial score (nSPS) is 12.2. The third kappa shape index (κ3) is 2.27. The number of aromatic nitrogens is 1. The van der Waals surface area contributed by atoms with Crippen LogP contribution in [0, 0.1) is 0 Å². The zero-order valence-corrected chi connectivity index (χ0v) is 10.9. The van der Waals surface area contributed by atoms with Crippen molar-refractivity contribution in [3.63, 3.8) is 0 Å². The van der Waals surface area contributed by atoms with E-state index >= 15 is 0 Å². The van der Waals surface area contributed by atoms with Crippen LogP contribution in [0.1, 0.15) is 5.56 Å². The third-order valence-electron chi connectivity index (χ3n) is 3.01.